The molecule has 1 aliphatic heterocycles. The van der Waals surface area contributed by atoms with Crippen LogP contribution in [0.2, 0.25) is 5.02 Å². The topological polar surface area (TPSA) is 41.1 Å². The molecule has 0 aromatic heterocycles. The van der Waals surface area contributed by atoms with Crippen LogP contribution in [0, 0.1) is 12.8 Å². The summed E-state index contributed by atoms with van der Waals surface area (Å²) >= 11 is 6.02. The second-order valence-electron chi connectivity index (χ2n) is 4.50. The molecule has 100 valence electrons. The van der Waals surface area contributed by atoms with E-state index in [1.54, 1.807) is 6.07 Å². The van der Waals surface area contributed by atoms with Crippen molar-refractivity contribution in [3.63, 3.8) is 0 Å². The zero-order valence-corrected chi connectivity index (χ0v) is 11.9. The highest BCUT2D eigenvalue weighted by molar-refractivity contribution is 6.31. The van der Waals surface area contributed by atoms with Crippen molar-refractivity contribution >= 4 is 35.6 Å². The molecule has 0 aliphatic carbocycles. The molecule has 0 spiro atoms. The monoisotopic (exact) mass is 288 g/mol. The Morgan fingerprint density at radius 2 is 2.28 bits per heavy atom. The van der Waals surface area contributed by atoms with E-state index in [0.29, 0.717) is 5.02 Å². The SMILES string of the molecule is Cc1ccc(NC(=O)C2CCCNC2)cc1Cl.Cl. The Labute approximate surface area is 119 Å². The Bertz CT molecular complexity index is 417. The van der Waals surface area contributed by atoms with E-state index in [-0.39, 0.29) is 24.2 Å². The number of benzene rings is 1. The summed E-state index contributed by atoms with van der Waals surface area (Å²) in [5.41, 5.74) is 1.79. The van der Waals surface area contributed by atoms with Gasteiger partial charge in [-0.3, -0.25) is 4.79 Å². The van der Waals surface area contributed by atoms with Crippen LogP contribution in [-0.4, -0.2) is 19.0 Å². The predicted molar refractivity (Wildman–Crippen MR) is 77.7 cm³/mol. The van der Waals surface area contributed by atoms with Gasteiger partial charge in [-0.25, -0.2) is 0 Å². The minimum absolute atomic E-state index is 0. The molecule has 1 aromatic carbocycles. The van der Waals surface area contributed by atoms with Gasteiger partial charge in [0.15, 0.2) is 0 Å². The van der Waals surface area contributed by atoms with E-state index in [1.807, 2.05) is 19.1 Å². The lowest BCUT2D eigenvalue weighted by atomic mass is 9.99. The molecule has 1 amide bonds. The van der Waals surface area contributed by atoms with Gasteiger partial charge in [-0.05, 0) is 44.0 Å². The molecule has 3 nitrogen and oxygen atoms in total. The molecule has 2 N–H and O–H groups in total. The smallest absolute Gasteiger partial charge is 0.228 e. The molecule has 0 radical (unpaired) electrons. The zero-order valence-electron chi connectivity index (χ0n) is 10.3. The highest BCUT2D eigenvalue weighted by Crippen LogP contribution is 2.21. The maximum absolute atomic E-state index is 12.0. The molecule has 1 saturated heterocycles. The maximum Gasteiger partial charge on any atom is 0.228 e. The van der Waals surface area contributed by atoms with E-state index in [9.17, 15) is 4.79 Å². The van der Waals surface area contributed by atoms with Crippen LogP contribution in [0.4, 0.5) is 5.69 Å². The van der Waals surface area contributed by atoms with E-state index in [4.69, 9.17) is 11.6 Å². The van der Waals surface area contributed by atoms with Gasteiger partial charge in [0.1, 0.15) is 0 Å². The lowest BCUT2D eigenvalue weighted by Crippen LogP contribution is -2.37. The van der Waals surface area contributed by atoms with Gasteiger partial charge in [-0.1, -0.05) is 17.7 Å². The first-order chi connectivity index (χ1) is 8.16. The number of aryl methyl sites for hydroxylation is 1. The minimum Gasteiger partial charge on any atom is -0.326 e. The number of carbonyl (C=O) groups is 1. The van der Waals surface area contributed by atoms with Gasteiger partial charge in [0.05, 0.1) is 5.92 Å². The molecule has 1 fully saturated rings. The molecule has 1 aromatic rings. The highest BCUT2D eigenvalue weighted by atomic mass is 35.5. The van der Waals surface area contributed by atoms with Crippen LogP contribution in [0.1, 0.15) is 18.4 Å². The number of piperidine rings is 1. The molecular weight excluding hydrogens is 271 g/mol. The molecule has 5 heteroatoms. The fourth-order valence-corrected chi connectivity index (χ4v) is 2.17. The summed E-state index contributed by atoms with van der Waals surface area (Å²) in [6.07, 6.45) is 2.02. The van der Waals surface area contributed by atoms with Gasteiger partial charge in [0.25, 0.3) is 0 Å². The van der Waals surface area contributed by atoms with Crippen LogP contribution in [0.25, 0.3) is 0 Å². The maximum atomic E-state index is 12.0. The Hall–Kier alpha value is -0.770. The first kappa shape index (κ1) is 15.3. The number of halogens is 2. The number of amides is 1. The third-order valence-corrected chi connectivity index (χ3v) is 3.51. The standard InChI is InChI=1S/C13H17ClN2O.ClH/c1-9-4-5-11(7-12(9)14)16-13(17)10-3-2-6-15-8-10;/h4-5,7,10,15H,2-3,6,8H2,1H3,(H,16,17);1H. The quantitative estimate of drug-likeness (QED) is 0.878. The van der Waals surface area contributed by atoms with Gasteiger partial charge < -0.3 is 10.6 Å². The fraction of sp³-hybridized carbons (Fsp3) is 0.462. The minimum atomic E-state index is 0. The van der Waals surface area contributed by atoms with E-state index in [0.717, 1.165) is 37.2 Å². The third kappa shape index (κ3) is 3.87. The molecule has 1 heterocycles. The van der Waals surface area contributed by atoms with Crippen molar-refractivity contribution in [2.45, 2.75) is 19.8 Å². The van der Waals surface area contributed by atoms with Gasteiger partial charge in [-0.15, -0.1) is 12.4 Å². The van der Waals surface area contributed by atoms with Crippen molar-refractivity contribution in [1.82, 2.24) is 5.32 Å². The predicted octanol–water partition coefficient (Wildman–Crippen LogP) is 3.01. The summed E-state index contributed by atoms with van der Waals surface area (Å²) in [6, 6.07) is 5.59. The van der Waals surface area contributed by atoms with Crippen LogP contribution in [0.3, 0.4) is 0 Å². The van der Waals surface area contributed by atoms with Crippen molar-refractivity contribution < 1.29 is 4.79 Å². The largest absolute Gasteiger partial charge is 0.326 e. The van der Waals surface area contributed by atoms with Crippen molar-refractivity contribution in [3.05, 3.63) is 28.8 Å². The highest BCUT2D eigenvalue weighted by Gasteiger charge is 2.20. The number of anilines is 1. The summed E-state index contributed by atoms with van der Waals surface area (Å²) in [7, 11) is 0. The Morgan fingerprint density at radius 1 is 1.50 bits per heavy atom. The van der Waals surface area contributed by atoms with E-state index < -0.39 is 0 Å². The second-order valence-corrected chi connectivity index (χ2v) is 4.90. The van der Waals surface area contributed by atoms with Crippen molar-refractivity contribution in [2.75, 3.05) is 18.4 Å². The van der Waals surface area contributed by atoms with Crippen LogP contribution in [0.15, 0.2) is 18.2 Å². The third-order valence-electron chi connectivity index (χ3n) is 3.11. The normalized spacial score (nSPS) is 18.9. The number of carbonyl (C=O) groups excluding carboxylic acids is 1. The molecule has 1 atom stereocenters. The lowest BCUT2D eigenvalue weighted by Gasteiger charge is -2.22. The average Bonchev–Trinajstić information content (AvgIpc) is 2.35. The second kappa shape index (κ2) is 6.98. The van der Waals surface area contributed by atoms with E-state index >= 15 is 0 Å². The van der Waals surface area contributed by atoms with Gasteiger partial charge >= 0.3 is 0 Å². The fourth-order valence-electron chi connectivity index (χ4n) is 1.99. The number of hydrogen-bond acceptors (Lipinski definition) is 2. The van der Waals surface area contributed by atoms with Crippen LogP contribution in [0.5, 0.6) is 0 Å². The van der Waals surface area contributed by atoms with Crippen LogP contribution < -0.4 is 10.6 Å². The molecule has 0 saturated carbocycles. The summed E-state index contributed by atoms with van der Waals surface area (Å²) in [5.74, 6) is 0.154. The van der Waals surface area contributed by atoms with Crippen molar-refractivity contribution in [2.24, 2.45) is 5.92 Å². The Morgan fingerprint density at radius 3 is 2.89 bits per heavy atom. The van der Waals surface area contributed by atoms with E-state index in [2.05, 4.69) is 10.6 Å². The van der Waals surface area contributed by atoms with Crippen molar-refractivity contribution in [3.8, 4) is 0 Å². The van der Waals surface area contributed by atoms with Gasteiger partial charge in [-0.2, -0.15) is 0 Å². The zero-order chi connectivity index (χ0) is 12.3. The summed E-state index contributed by atoms with van der Waals surface area (Å²) in [4.78, 5) is 12.0. The number of nitrogens with one attached hydrogen (secondary N) is 2. The Kier molecular flexibility index (Phi) is 5.93. The number of hydrogen-bond donors (Lipinski definition) is 2. The molecule has 1 unspecified atom stereocenters. The summed E-state index contributed by atoms with van der Waals surface area (Å²) in [5, 5.41) is 6.84. The van der Waals surface area contributed by atoms with Crippen LogP contribution >= 0.6 is 24.0 Å². The molecular formula is C13H18Cl2N2O. The van der Waals surface area contributed by atoms with E-state index in [1.165, 1.54) is 0 Å². The summed E-state index contributed by atoms with van der Waals surface area (Å²) in [6.45, 7) is 3.73. The summed E-state index contributed by atoms with van der Waals surface area (Å²) < 4.78 is 0. The molecule has 2 rings (SSSR count). The molecule has 18 heavy (non-hydrogen) atoms. The average molecular weight is 289 g/mol. The lowest BCUT2D eigenvalue weighted by molar-refractivity contribution is -0.120. The van der Waals surface area contributed by atoms with Gasteiger partial charge in [0.2, 0.25) is 5.91 Å². The van der Waals surface area contributed by atoms with Gasteiger partial charge in [0, 0.05) is 17.3 Å². The van der Waals surface area contributed by atoms with Crippen molar-refractivity contribution in [1.29, 1.82) is 0 Å². The van der Waals surface area contributed by atoms with Crippen LogP contribution in [-0.2, 0) is 4.79 Å². The first-order valence-electron chi connectivity index (χ1n) is 5.94. The molecule has 1 aliphatic rings. The molecule has 0 bridgehead atoms. The number of rotatable bonds is 2. The first-order valence-corrected chi connectivity index (χ1v) is 6.32. The Balaban J connectivity index is 0.00000162.